The number of rotatable bonds is 7. The molecular formula is C19H27NO5. The number of carbonyl (C=O) groups excluding carboxylic acids is 2. The van der Waals surface area contributed by atoms with Crippen molar-refractivity contribution in [2.45, 2.75) is 46.1 Å². The topological polar surface area (TPSA) is 65.1 Å². The number of amides is 1. The van der Waals surface area contributed by atoms with E-state index in [1.54, 1.807) is 30.9 Å². The average molecular weight is 349 g/mol. The molecule has 0 radical (unpaired) electrons. The summed E-state index contributed by atoms with van der Waals surface area (Å²) in [4.78, 5) is 26.4. The summed E-state index contributed by atoms with van der Waals surface area (Å²) in [5.41, 5.74) is 0.786. The smallest absolute Gasteiger partial charge is 0.338 e. The number of carbonyl (C=O) groups is 2. The minimum absolute atomic E-state index is 0.154. The monoisotopic (exact) mass is 349 g/mol. The molecule has 138 valence electrons. The summed E-state index contributed by atoms with van der Waals surface area (Å²) in [5.74, 6) is -0.00111. The van der Waals surface area contributed by atoms with Crippen LogP contribution in [0.25, 0.3) is 0 Å². The maximum absolute atomic E-state index is 12.8. The van der Waals surface area contributed by atoms with Gasteiger partial charge >= 0.3 is 5.97 Å². The van der Waals surface area contributed by atoms with Gasteiger partial charge in [0.15, 0.2) is 5.60 Å². The Morgan fingerprint density at radius 3 is 2.64 bits per heavy atom. The van der Waals surface area contributed by atoms with E-state index in [-0.39, 0.29) is 5.91 Å². The quantitative estimate of drug-likeness (QED) is 0.559. The van der Waals surface area contributed by atoms with Crippen LogP contribution in [0.5, 0.6) is 5.75 Å². The lowest BCUT2D eigenvalue weighted by atomic mass is 10.0. The van der Waals surface area contributed by atoms with Crippen LogP contribution in [0.1, 0.15) is 49.5 Å². The third kappa shape index (κ3) is 4.12. The second kappa shape index (κ2) is 7.87. The maximum atomic E-state index is 12.8. The third-order valence-electron chi connectivity index (χ3n) is 4.23. The van der Waals surface area contributed by atoms with Crippen LogP contribution in [0.2, 0.25) is 0 Å². The van der Waals surface area contributed by atoms with E-state index in [0.29, 0.717) is 36.8 Å². The van der Waals surface area contributed by atoms with Gasteiger partial charge in [-0.2, -0.15) is 0 Å². The number of fused-ring (bicyclic) bond motifs is 1. The predicted octanol–water partition coefficient (Wildman–Crippen LogP) is 3.10. The van der Waals surface area contributed by atoms with Crippen LogP contribution in [-0.2, 0) is 14.3 Å². The number of ether oxygens (including phenoxy) is 3. The van der Waals surface area contributed by atoms with Crippen molar-refractivity contribution in [3.05, 3.63) is 23.3 Å². The Bertz CT molecular complexity index is 653. The first kappa shape index (κ1) is 19.2. The summed E-state index contributed by atoms with van der Waals surface area (Å²) in [6.07, 6.45) is 2.05. The highest BCUT2D eigenvalue weighted by Crippen LogP contribution is 2.39. The molecule has 0 bridgehead atoms. The van der Waals surface area contributed by atoms with Gasteiger partial charge in [-0.05, 0) is 44.9 Å². The minimum atomic E-state index is -0.963. The van der Waals surface area contributed by atoms with Gasteiger partial charge < -0.3 is 19.1 Å². The Balaban J connectivity index is 2.32. The maximum Gasteiger partial charge on any atom is 0.338 e. The Labute approximate surface area is 149 Å². The normalized spacial score (nSPS) is 15.6. The van der Waals surface area contributed by atoms with Gasteiger partial charge in [-0.1, -0.05) is 13.3 Å². The van der Waals surface area contributed by atoms with Crippen LogP contribution < -0.4 is 9.64 Å². The Kier molecular flexibility index (Phi) is 6.06. The van der Waals surface area contributed by atoms with Gasteiger partial charge in [0.25, 0.3) is 5.91 Å². The van der Waals surface area contributed by atoms with Crippen molar-refractivity contribution in [3.8, 4) is 5.75 Å². The summed E-state index contributed by atoms with van der Waals surface area (Å²) in [5, 5.41) is 0. The van der Waals surface area contributed by atoms with Crippen LogP contribution in [0, 0.1) is 6.92 Å². The summed E-state index contributed by atoms with van der Waals surface area (Å²) < 4.78 is 16.3. The van der Waals surface area contributed by atoms with Gasteiger partial charge in [-0.15, -0.1) is 0 Å². The molecule has 0 spiro atoms. The zero-order chi connectivity index (χ0) is 18.6. The van der Waals surface area contributed by atoms with E-state index in [0.717, 1.165) is 18.4 Å². The highest BCUT2D eigenvalue weighted by molar-refractivity contribution is 6.04. The summed E-state index contributed by atoms with van der Waals surface area (Å²) in [7, 11) is 1.34. The van der Waals surface area contributed by atoms with Crippen LogP contribution in [0.4, 0.5) is 5.69 Å². The van der Waals surface area contributed by atoms with Crippen molar-refractivity contribution in [2.24, 2.45) is 0 Å². The largest absolute Gasteiger partial charge is 0.476 e. The molecule has 0 aliphatic carbocycles. The lowest BCUT2D eigenvalue weighted by molar-refractivity contribution is -0.132. The van der Waals surface area contributed by atoms with E-state index in [9.17, 15) is 9.59 Å². The molecule has 0 unspecified atom stereocenters. The van der Waals surface area contributed by atoms with Crippen molar-refractivity contribution < 1.29 is 23.8 Å². The molecule has 1 aromatic rings. The lowest BCUT2D eigenvalue weighted by Gasteiger charge is -2.39. The molecule has 0 saturated carbocycles. The fraction of sp³-hybridized carbons (Fsp3) is 0.579. The zero-order valence-corrected chi connectivity index (χ0v) is 15.7. The fourth-order valence-electron chi connectivity index (χ4n) is 2.77. The molecule has 0 N–H and O–H groups in total. The van der Waals surface area contributed by atoms with E-state index < -0.39 is 11.6 Å². The van der Waals surface area contributed by atoms with E-state index in [1.807, 2.05) is 6.92 Å². The van der Waals surface area contributed by atoms with Gasteiger partial charge in [0, 0.05) is 13.2 Å². The van der Waals surface area contributed by atoms with Crippen molar-refractivity contribution in [2.75, 3.05) is 31.8 Å². The van der Waals surface area contributed by atoms with Crippen molar-refractivity contribution in [3.63, 3.8) is 0 Å². The number of aryl methyl sites for hydroxylation is 1. The highest BCUT2D eigenvalue weighted by atomic mass is 16.5. The van der Waals surface area contributed by atoms with Gasteiger partial charge in [-0.25, -0.2) is 4.79 Å². The molecule has 1 aromatic carbocycles. The molecule has 1 aliphatic rings. The number of hydrogen-bond acceptors (Lipinski definition) is 5. The Morgan fingerprint density at radius 2 is 2.00 bits per heavy atom. The number of hydrogen-bond donors (Lipinski definition) is 0. The summed E-state index contributed by atoms with van der Waals surface area (Å²) in [6, 6.07) is 3.44. The Hall–Kier alpha value is -2.08. The molecule has 0 atom stereocenters. The minimum Gasteiger partial charge on any atom is -0.476 e. The lowest BCUT2D eigenvalue weighted by Crippen LogP contribution is -2.53. The molecule has 1 heterocycles. The van der Waals surface area contributed by atoms with Crippen molar-refractivity contribution in [1.82, 2.24) is 0 Å². The zero-order valence-electron chi connectivity index (χ0n) is 15.7. The molecule has 0 aromatic heterocycles. The number of unbranched alkanes of at least 4 members (excludes halogenated alkanes) is 1. The molecule has 0 fully saturated rings. The molecule has 6 heteroatoms. The highest BCUT2D eigenvalue weighted by Gasteiger charge is 2.41. The summed E-state index contributed by atoms with van der Waals surface area (Å²) >= 11 is 0. The molecule has 0 saturated heterocycles. The standard InChI is InChI=1S/C19H27NO5/c1-6-7-9-24-10-8-20-15-12-14(17(21)23-5)13(2)11-16(15)25-19(3,4)18(20)22/h11-12H,6-10H2,1-5H3. The van der Waals surface area contributed by atoms with Gasteiger partial charge in [0.2, 0.25) is 0 Å². The molecule has 1 amide bonds. The van der Waals surface area contributed by atoms with Crippen molar-refractivity contribution >= 4 is 17.6 Å². The molecule has 2 rings (SSSR count). The third-order valence-corrected chi connectivity index (χ3v) is 4.23. The van der Waals surface area contributed by atoms with Crippen LogP contribution in [0.15, 0.2) is 12.1 Å². The van der Waals surface area contributed by atoms with E-state index in [4.69, 9.17) is 14.2 Å². The van der Waals surface area contributed by atoms with Crippen molar-refractivity contribution in [1.29, 1.82) is 0 Å². The average Bonchev–Trinajstić information content (AvgIpc) is 2.56. The predicted molar refractivity (Wildman–Crippen MR) is 95.3 cm³/mol. The van der Waals surface area contributed by atoms with Crippen LogP contribution >= 0.6 is 0 Å². The second-order valence-corrected chi connectivity index (χ2v) is 6.66. The number of anilines is 1. The van der Waals surface area contributed by atoms with Crippen LogP contribution in [-0.4, -0.2) is 44.3 Å². The first-order chi connectivity index (χ1) is 11.8. The van der Waals surface area contributed by atoms with Gasteiger partial charge in [-0.3, -0.25) is 4.79 Å². The molecular weight excluding hydrogens is 322 g/mol. The van der Waals surface area contributed by atoms with E-state index >= 15 is 0 Å². The second-order valence-electron chi connectivity index (χ2n) is 6.66. The Morgan fingerprint density at radius 1 is 1.28 bits per heavy atom. The van der Waals surface area contributed by atoms with Gasteiger partial charge in [0.1, 0.15) is 5.75 Å². The van der Waals surface area contributed by atoms with E-state index in [2.05, 4.69) is 6.92 Å². The first-order valence-corrected chi connectivity index (χ1v) is 8.63. The number of esters is 1. The molecule has 25 heavy (non-hydrogen) atoms. The number of nitrogens with zero attached hydrogens (tertiary/aromatic N) is 1. The number of benzene rings is 1. The van der Waals surface area contributed by atoms with E-state index in [1.165, 1.54) is 7.11 Å². The fourth-order valence-corrected chi connectivity index (χ4v) is 2.77. The SMILES string of the molecule is CCCCOCCN1C(=O)C(C)(C)Oc2cc(C)c(C(=O)OC)cc21. The summed E-state index contributed by atoms with van der Waals surface area (Å²) in [6.45, 7) is 8.92. The van der Waals surface area contributed by atoms with Gasteiger partial charge in [0.05, 0.1) is 25.0 Å². The number of methoxy groups -OCH3 is 1. The molecule has 6 nitrogen and oxygen atoms in total. The first-order valence-electron chi connectivity index (χ1n) is 8.63. The van der Waals surface area contributed by atoms with Crippen LogP contribution in [0.3, 0.4) is 0 Å². The molecule has 1 aliphatic heterocycles.